The van der Waals surface area contributed by atoms with Gasteiger partial charge in [0, 0.05) is 23.5 Å². The van der Waals surface area contributed by atoms with Crippen molar-refractivity contribution in [3.63, 3.8) is 0 Å². The summed E-state index contributed by atoms with van der Waals surface area (Å²) in [7, 11) is 0. The molecular formula is C26H18F2N4O. The van der Waals surface area contributed by atoms with Crippen molar-refractivity contribution < 1.29 is 13.6 Å². The SMILES string of the molecule is O=C(Nc1ccc(-n2ccc(-c3ccc4ccccc4c3)n2)cc1)Nc1ccc(F)cc1F. The molecule has 2 amide bonds. The van der Waals surface area contributed by atoms with E-state index in [1.807, 2.05) is 42.6 Å². The molecule has 0 fully saturated rings. The Bertz CT molecular complexity index is 1460. The zero-order chi connectivity index (χ0) is 22.8. The summed E-state index contributed by atoms with van der Waals surface area (Å²) < 4.78 is 28.4. The van der Waals surface area contributed by atoms with Crippen molar-refractivity contribution in [1.82, 2.24) is 9.78 Å². The van der Waals surface area contributed by atoms with Gasteiger partial charge in [-0.2, -0.15) is 5.10 Å². The van der Waals surface area contributed by atoms with Crippen LogP contribution in [-0.2, 0) is 0 Å². The molecule has 0 saturated heterocycles. The topological polar surface area (TPSA) is 59.0 Å². The second kappa shape index (κ2) is 8.55. The third kappa shape index (κ3) is 4.43. The largest absolute Gasteiger partial charge is 0.323 e. The molecule has 0 unspecified atom stereocenters. The number of nitrogens with one attached hydrogen (secondary N) is 2. The Morgan fingerprint density at radius 3 is 2.36 bits per heavy atom. The zero-order valence-electron chi connectivity index (χ0n) is 17.3. The lowest BCUT2D eigenvalue weighted by Gasteiger charge is -2.09. The molecule has 5 nitrogen and oxygen atoms in total. The molecule has 4 aromatic carbocycles. The molecule has 0 aliphatic rings. The number of halogens is 2. The summed E-state index contributed by atoms with van der Waals surface area (Å²) in [6.07, 6.45) is 1.87. The maximum Gasteiger partial charge on any atom is 0.323 e. The van der Waals surface area contributed by atoms with Crippen LogP contribution in [0.2, 0.25) is 0 Å². The van der Waals surface area contributed by atoms with Crippen LogP contribution in [0.3, 0.4) is 0 Å². The third-order valence-electron chi connectivity index (χ3n) is 5.20. The van der Waals surface area contributed by atoms with E-state index in [1.54, 1.807) is 16.8 Å². The summed E-state index contributed by atoms with van der Waals surface area (Å²) in [5.41, 5.74) is 3.10. The highest BCUT2D eigenvalue weighted by Gasteiger charge is 2.09. The van der Waals surface area contributed by atoms with E-state index in [1.165, 1.54) is 5.39 Å². The number of nitrogens with zero attached hydrogens (tertiary/aromatic N) is 2. The van der Waals surface area contributed by atoms with Gasteiger partial charge < -0.3 is 10.6 Å². The molecule has 1 heterocycles. The smallest absolute Gasteiger partial charge is 0.308 e. The minimum Gasteiger partial charge on any atom is -0.308 e. The van der Waals surface area contributed by atoms with E-state index in [4.69, 9.17) is 0 Å². The van der Waals surface area contributed by atoms with Crippen molar-refractivity contribution in [2.45, 2.75) is 0 Å². The Kier molecular flexibility index (Phi) is 5.28. The fourth-order valence-corrected chi connectivity index (χ4v) is 3.54. The van der Waals surface area contributed by atoms with Crippen LogP contribution in [0.5, 0.6) is 0 Å². The van der Waals surface area contributed by atoms with Gasteiger partial charge in [0.15, 0.2) is 0 Å². The molecule has 0 aliphatic heterocycles. The van der Waals surface area contributed by atoms with E-state index >= 15 is 0 Å². The van der Waals surface area contributed by atoms with Crippen LogP contribution < -0.4 is 10.6 Å². The van der Waals surface area contributed by atoms with Gasteiger partial charge in [-0.15, -0.1) is 0 Å². The highest BCUT2D eigenvalue weighted by molar-refractivity contribution is 5.99. The van der Waals surface area contributed by atoms with Crippen LogP contribution in [0, 0.1) is 11.6 Å². The second-order valence-electron chi connectivity index (χ2n) is 7.46. The Labute approximate surface area is 188 Å². The summed E-state index contributed by atoms with van der Waals surface area (Å²) in [6.45, 7) is 0. The van der Waals surface area contributed by atoms with Crippen molar-refractivity contribution in [2.75, 3.05) is 10.6 Å². The molecule has 162 valence electrons. The molecule has 0 atom stereocenters. The monoisotopic (exact) mass is 440 g/mol. The van der Waals surface area contributed by atoms with Crippen LogP contribution >= 0.6 is 0 Å². The molecule has 0 bridgehead atoms. The number of benzene rings is 4. The molecule has 1 aromatic heterocycles. The highest BCUT2D eigenvalue weighted by atomic mass is 19.1. The summed E-state index contributed by atoms with van der Waals surface area (Å²) >= 11 is 0. The molecule has 0 saturated carbocycles. The maximum absolute atomic E-state index is 13.7. The molecule has 5 aromatic rings. The standard InChI is InChI=1S/C26H18F2N4O/c27-20-7-12-25(23(28)16-20)30-26(33)29-21-8-10-22(11-9-21)32-14-13-24(31-32)19-6-5-17-3-1-2-4-18(17)15-19/h1-16H,(H2,29,30,33). The van der Waals surface area contributed by atoms with Crippen LogP contribution in [0.1, 0.15) is 0 Å². The summed E-state index contributed by atoms with van der Waals surface area (Å²) in [4.78, 5) is 12.1. The number of rotatable bonds is 4. The van der Waals surface area contributed by atoms with Gasteiger partial charge >= 0.3 is 6.03 Å². The first-order valence-corrected chi connectivity index (χ1v) is 10.2. The minimum absolute atomic E-state index is 0.108. The van der Waals surface area contributed by atoms with Crippen molar-refractivity contribution in [3.05, 3.63) is 109 Å². The van der Waals surface area contributed by atoms with Gasteiger partial charge in [-0.05, 0) is 59.3 Å². The first-order chi connectivity index (χ1) is 16.0. The maximum atomic E-state index is 13.7. The highest BCUT2D eigenvalue weighted by Crippen LogP contribution is 2.24. The number of amides is 2. The first-order valence-electron chi connectivity index (χ1n) is 10.2. The Balaban J connectivity index is 1.28. The number of aromatic nitrogens is 2. The second-order valence-corrected chi connectivity index (χ2v) is 7.46. The number of urea groups is 1. The zero-order valence-corrected chi connectivity index (χ0v) is 17.3. The summed E-state index contributed by atoms with van der Waals surface area (Å²) in [6, 6.07) is 25.7. The number of carbonyl (C=O) groups excluding carboxylic acids is 1. The van der Waals surface area contributed by atoms with Crippen molar-refractivity contribution >= 4 is 28.2 Å². The van der Waals surface area contributed by atoms with Crippen molar-refractivity contribution in [2.24, 2.45) is 0 Å². The quantitative estimate of drug-likeness (QED) is 0.330. The van der Waals surface area contributed by atoms with E-state index in [9.17, 15) is 13.6 Å². The first kappa shape index (κ1) is 20.4. The lowest BCUT2D eigenvalue weighted by atomic mass is 10.1. The van der Waals surface area contributed by atoms with Gasteiger partial charge in [0.1, 0.15) is 11.6 Å². The van der Waals surface area contributed by atoms with Crippen LogP contribution in [-0.4, -0.2) is 15.8 Å². The normalized spacial score (nSPS) is 10.8. The predicted octanol–water partition coefficient (Wildman–Crippen LogP) is 6.61. The molecule has 7 heteroatoms. The molecule has 0 radical (unpaired) electrons. The van der Waals surface area contributed by atoms with Crippen LogP contribution in [0.4, 0.5) is 25.0 Å². The van der Waals surface area contributed by atoms with Gasteiger partial charge in [-0.3, -0.25) is 0 Å². The average Bonchev–Trinajstić information content (AvgIpc) is 3.31. The Morgan fingerprint density at radius 1 is 0.788 bits per heavy atom. The minimum atomic E-state index is -0.846. The molecular weight excluding hydrogens is 422 g/mol. The summed E-state index contributed by atoms with van der Waals surface area (Å²) in [5, 5.41) is 12.0. The molecule has 5 rings (SSSR count). The number of fused-ring (bicyclic) bond motifs is 1. The van der Waals surface area contributed by atoms with E-state index in [0.29, 0.717) is 11.8 Å². The molecule has 33 heavy (non-hydrogen) atoms. The lowest BCUT2D eigenvalue weighted by molar-refractivity contribution is 0.262. The fourth-order valence-electron chi connectivity index (χ4n) is 3.54. The number of hydrogen-bond donors (Lipinski definition) is 2. The van der Waals surface area contributed by atoms with E-state index < -0.39 is 17.7 Å². The number of carbonyl (C=O) groups is 1. The van der Waals surface area contributed by atoms with Gasteiger partial charge in [0.25, 0.3) is 0 Å². The predicted molar refractivity (Wildman–Crippen MR) is 126 cm³/mol. The third-order valence-corrected chi connectivity index (χ3v) is 5.20. The van der Waals surface area contributed by atoms with Crippen molar-refractivity contribution in [3.8, 4) is 16.9 Å². The van der Waals surface area contributed by atoms with Gasteiger partial charge in [0.05, 0.1) is 17.1 Å². The van der Waals surface area contributed by atoms with E-state index in [2.05, 4.69) is 40.0 Å². The Hall–Kier alpha value is -4.52. The van der Waals surface area contributed by atoms with Crippen LogP contribution in [0.25, 0.3) is 27.7 Å². The van der Waals surface area contributed by atoms with E-state index in [-0.39, 0.29) is 5.69 Å². The van der Waals surface area contributed by atoms with Crippen LogP contribution in [0.15, 0.2) is 97.2 Å². The van der Waals surface area contributed by atoms with E-state index in [0.717, 1.165) is 34.5 Å². The van der Waals surface area contributed by atoms with Gasteiger partial charge in [0.2, 0.25) is 0 Å². The number of hydrogen-bond acceptors (Lipinski definition) is 2. The molecule has 0 spiro atoms. The molecule has 2 N–H and O–H groups in total. The number of anilines is 2. The fraction of sp³-hybridized carbons (Fsp3) is 0. The van der Waals surface area contributed by atoms with Crippen molar-refractivity contribution in [1.29, 1.82) is 0 Å². The Morgan fingerprint density at radius 2 is 1.58 bits per heavy atom. The molecule has 0 aliphatic carbocycles. The summed E-state index contributed by atoms with van der Waals surface area (Å²) in [5.74, 6) is -1.56. The average molecular weight is 440 g/mol. The van der Waals surface area contributed by atoms with Gasteiger partial charge in [-0.25, -0.2) is 18.3 Å². The van der Waals surface area contributed by atoms with Gasteiger partial charge in [-0.1, -0.05) is 36.4 Å². The lowest BCUT2D eigenvalue weighted by Crippen LogP contribution is -2.20.